The van der Waals surface area contributed by atoms with E-state index in [1.165, 1.54) is 18.6 Å². The molecule has 0 radical (unpaired) electrons. The van der Waals surface area contributed by atoms with Crippen molar-refractivity contribution in [3.8, 4) is 5.75 Å². The molecular formula is C37H55ClN2O8. The van der Waals surface area contributed by atoms with Gasteiger partial charge in [0.1, 0.15) is 11.9 Å². The van der Waals surface area contributed by atoms with E-state index in [9.17, 15) is 19.2 Å². The number of hydrogen-bond acceptors (Lipinski definition) is 7. The van der Waals surface area contributed by atoms with Gasteiger partial charge in [0.2, 0.25) is 11.8 Å². The van der Waals surface area contributed by atoms with E-state index in [0.717, 1.165) is 24.2 Å². The van der Waals surface area contributed by atoms with Gasteiger partial charge in [-0.2, -0.15) is 0 Å². The molecule has 3 rings (SSSR count). The Morgan fingerprint density at radius 1 is 1.04 bits per heavy atom. The van der Waals surface area contributed by atoms with Crippen molar-refractivity contribution in [3.05, 3.63) is 76.8 Å². The average Bonchev–Trinajstić information content (AvgIpc) is 3.85. The van der Waals surface area contributed by atoms with Crippen molar-refractivity contribution in [2.24, 2.45) is 11.8 Å². The quantitative estimate of drug-likeness (QED) is 0.108. The van der Waals surface area contributed by atoms with Gasteiger partial charge >= 0.3 is 11.9 Å². The van der Waals surface area contributed by atoms with Crippen LogP contribution in [0.2, 0.25) is 5.02 Å². The fraction of sp³-hybridized carbons (Fsp3) is 0.514. The van der Waals surface area contributed by atoms with Crippen LogP contribution in [0.3, 0.4) is 0 Å². The number of carboxylic acids is 1. The number of aliphatic carboxylic acids is 1. The van der Waals surface area contributed by atoms with E-state index < -0.39 is 18.0 Å². The van der Waals surface area contributed by atoms with E-state index in [-0.39, 0.29) is 36.5 Å². The molecular weight excluding hydrogens is 636 g/mol. The van der Waals surface area contributed by atoms with Crippen LogP contribution < -0.4 is 15.4 Å². The second kappa shape index (κ2) is 25.2. The first-order chi connectivity index (χ1) is 22.8. The van der Waals surface area contributed by atoms with Crippen LogP contribution in [-0.4, -0.2) is 61.3 Å². The minimum absolute atomic E-state index is 0.0160. The Morgan fingerprint density at radius 3 is 2.21 bits per heavy atom. The number of methoxy groups -OCH3 is 1. The molecule has 0 aliphatic carbocycles. The summed E-state index contributed by atoms with van der Waals surface area (Å²) in [5, 5.41) is 14.4. The number of halogens is 1. The predicted molar refractivity (Wildman–Crippen MR) is 190 cm³/mol. The summed E-state index contributed by atoms with van der Waals surface area (Å²) in [6.45, 7) is 15.5. The maximum absolute atomic E-state index is 11.6. The van der Waals surface area contributed by atoms with Gasteiger partial charge in [0, 0.05) is 13.5 Å². The summed E-state index contributed by atoms with van der Waals surface area (Å²) in [5.41, 5.74) is 2.38. The second-order valence-electron chi connectivity index (χ2n) is 11.3. The van der Waals surface area contributed by atoms with Gasteiger partial charge in [0.15, 0.2) is 6.10 Å². The van der Waals surface area contributed by atoms with Gasteiger partial charge in [-0.05, 0) is 74.3 Å². The Kier molecular flexibility index (Phi) is 23.1. The van der Waals surface area contributed by atoms with Crippen molar-refractivity contribution in [1.82, 2.24) is 10.6 Å². The topological polar surface area (TPSA) is 144 Å². The Labute approximate surface area is 291 Å². The van der Waals surface area contributed by atoms with Crippen molar-refractivity contribution in [1.29, 1.82) is 0 Å². The standard InChI is InChI=1S/C19H26N2O3.C8H9ClO.C8H14O4.C2H6/c1-3-20-17(23)13-21-16(22)12-8-7-9-14(2)18-19(24-18)15-10-5-4-6-11-15;1-6-3-4-8(10-2)7(9)5-6;1-5(2)4-7(8(10)11)12-6(3)9;1-2/h4-6,8,10-12,14,18-19H,3,7,9,13H2,1-2H3,(H,20,23)(H,21,22);3-5H,1-2H3;5,7H,4H2,1-3H3,(H,10,11);1-2H3/b12-8+;;;. The maximum Gasteiger partial charge on any atom is 0.345 e. The number of carbonyl (C=O) groups excluding carboxylic acids is 3. The Balaban J connectivity index is 0.000000767. The zero-order valence-corrected chi connectivity index (χ0v) is 30.6. The summed E-state index contributed by atoms with van der Waals surface area (Å²) in [4.78, 5) is 43.8. The third kappa shape index (κ3) is 19.7. The molecule has 48 heavy (non-hydrogen) atoms. The highest BCUT2D eigenvalue weighted by Crippen LogP contribution is 2.44. The monoisotopic (exact) mass is 690 g/mol. The molecule has 268 valence electrons. The van der Waals surface area contributed by atoms with Gasteiger partial charge in [-0.25, -0.2) is 4.79 Å². The molecule has 11 heteroatoms. The van der Waals surface area contributed by atoms with Gasteiger partial charge in [0.25, 0.3) is 0 Å². The second-order valence-corrected chi connectivity index (χ2v) is 11.7. The number of likely N-dealkylation sites (N-methyl/N-ethyl adjacent to an activating group) is 1. The van der Waals surface area contributed by atoms with Gasteiger partial charge in [-0.3, -0.25) is 14.4 Å². The smallest absolute Gasteiger partial charge is 0.345 e. The van der Waals surface area contributed by atoms with Crippen molar-refractivity contribution in [3.63, 3.8) is 0 Å². The lowest BCUT2D eigenvalue weighted by atomic mass is 9.97. The van der Waals surface area contributed by atoms with Crippen molar-refractivity contribution >= 4 is 35.4 Å². The van der Waals surface area contributed by atoms with E-state index in [2.05, 4.69) is 34.4 Å². The van der Waals surface area contributed by atoms with E-state index in [4.69, 9.17) is 26.2 Å². The number of epoxide rings is 1. The first kappa shape index (κ1) is 44.1. The van der Waals surface area contributed by atoms with Gasteiger partial charge in [-0.1, -0.05) is 88.7 Å². The molecule has 2 amide bonds. The average molecular weight is 691 g/mol. The number of hydrogen-bond donors (Lipinski definition) is 3. The largest absolute Gasteiger partial charge is 0.495 e. The zero-order valence-electron chi connectivity index (χ0n) is 29.9. The van der Waals surface area contributed by atoms with Crippen LogP contribution in [0.15, 0.2) is 60.7 Å². The number of aryl methyl sites for hydroxylation is 1. The highest BCUT2D eigenvalue weighted by atomic mass is 35.5. The number of allylic oxidation sites excluding steroid dienone is 1. The van der Waals surface area contributed by atoms with Crippen molar-refractivity contribution in [2.75, 3.05) is 20.2 Å². The number of carboxylic acid groups (broad SMARTS) is 1. The van der Waals surface area contributed by atoms with E-state index >= 15 is 0 Å². The lowest BCUT2D eigenvalue weighted by molar-refractivity contribution is -0.163. The number of nitrogens with one attached hydrogen (secondary N) is 2. The lowest BCUT2D eigenvalue weighted by Crippen LogP contribution is -2.36. The number of esters is 1. The van der Waals surface area contributed by atoms with Crippen LogP contribution in [-0.2, 0) is 28.7 Å². The Hall–Kier alpha value is -3.89. The molecule has 3 N–H and O–H groups in total. The molecule has 10 nitrogen and oxygen atoms in total. The molecule has 0 saturated carbocycles. The fourth-order valence-corrected chi connectivity index (χ4v) is 4.58. The molecule has 0 aromatic heterocycles. The van der Waals surface area contributed by atoms with Crippen LogP contribution in [0.5, 0.6) is 5.75 Å². The van der Waals surface area contributed by atoms with E-state index in [1.54, 1.807) is 7.11 Å². The molecule has 0 spiro atoms. The van der Waals surface area contributed by atoms with Crippen LogP contribution in [0.4, 0.5) is 0 Å². The highest BCUT2D eigenvalue weighted by molar-refractivity contribution is 6.32. The summed E-state index contributed by atoms with van der Waals surface area (Å²) in [6.07, 6.45) is 4.97. The molecule has 0 bridgehead atoms. The summed E-state index contributed by atoms with van der Waals surface area (Å²) < 4.78 is 15.3. The minimum Gasteiger partial charge on any atom is -0.495 e. The maximum atomic E-state index is 11.6. The molecule has 2 aromatic rings. The Bertz CT molecular complexity index is 1270. The number of amides is 2. The van der Waals surface area contributed by atoms with E-state index in [0.29, 0.717) is 23.9 Å². The molecule has 1 saturated heterocycles. The minimum atomic E-state index is -1.08. The third-order valence-electron chi connectivity index (χ3n) is 6.65. The summed E-state index contributed by atoms with van der Waals surface area (Å²) in [7, 11) is 1.61. The van der Waals surface area contributed by atoms with E-state index in [1.807, 2.05) is 84.0 Å². The van der Waals surface area contributed by atoms with Gasteiger partial charge < -0.3 is 30.0 Å². The lowest BCUT2D eigenvalue weighted by Gasteiger charge is -2.13. The Morgan fingerprint density at radius 2 is 1.69 bits per heavy atom. The molecule has 2 aromatic carbocycles. The highest BCUT2D eigenvalue weighted by Gasteiger charge is 2.43. The SMILES string of the molecule is CC.CC(=O)OC(CC(C)C)C(=O)O.CCNC(=O)CNC(=O)/C=C/CCC(C)C1OC1c1ccccc1.COc1ccc(C)cc1Cl. The van der Waals surface area contributed by atoms with Crippen molar-refractivity contribution < 1.29 is 38.5 Å². The van der Waals surface area contributed by atoms with Gasteiger partial charge in [-0.15, -0.1) is 0 Å². The molecule has 1 aliphatic rings. The third-order valence-corrected chi connectivity index (χ3v) is 6.94. The first-order valence-corrected chi connectivity index (χ1v) is 16.8. The van der Waals surface area contributed by atoms with Crippen LogP contribution in [0.1, 0.15) is 85.0 Å². The number of ether oxygens (including phenoxy) is 3. The number of carbonyl (C=O) groups is 4. The predicted octanol–water partition coefficient (Wildman–Crippen LogP) is 7.08. The molecule has 1 aliphatic heterocycles. The van der Waals surface area contributed by atoms with Crippen LogP contribution in [0, 0.1) is 18.8 Å². The fourth-order valence-electron chi connectivity index (χ4n) is 4.27. The molecule has 1 fully saturated rings. The summed E-state index contributed by atoms with van der Waals surface area (Å²) in [6, 6.07) is 15.9. The molecule has 4 atom stereocenters. The van der Waals surface area contributed by atoms with Crippen LogP contribution in [0.25, 0.3) is 0 Å². The summed E-state index contributed by atoms with van der Waals surface area (Å²) >= 11 is 5.80. The molecule has 4 unspecified atom stereocenters. The normalized spacial score (nSPS) is 15.6. The zero-order chi connectivity index (χ0) is 36.6. The first-order valence-electron chi connectivity index (χ1n) is 16.4. The van der Waals surface area contributed by atoms with Gasteiger partial charge in [0.05, 0.1) is 24.8 Å². The molecule has 1 heterocycles. The number of benzene rings is 2. The summed E-state index contributed by atoms with van der Waals surface area (Å²) in [5.74, 6) is -0.678. The number of rotatable bonds is 14. The van der Waals surface area contributed by atoms with Crippen LogP contribution >= 0.6 is 11.6 Å². The van der Waals surface area contributed by atoms with Crippen molar-refractivity contribution in [2.45, 2.75) is 93.0 Å².